The van der Waals surface area contributed by atoms with E-state index in [2.05, 4.69) is 33.5 Å². The highest BCUT2D eigenvalue weighted by Crippen LogP contribution is 2.35. The van der Waals surface area contributed by atoms with E-state index in [9.17, 15) is 14.9 Å². The van der Waals surface area contributed by atoms with Crippen LogP contribution in [0.25, 0.3) is 31.8 Å². The summed E-state index contributed by atoms with van der Waals surface area (Å²) in [7, 11) is 0. The number of nitriles is 1. The van der Waals surface area contributed by atoms with E-state index in [0.29, 0.717) is 27.4 Å². The zero-order valence-corrected chi connectivity index (χ0v) is 25.4. The molecule has 4 aromatic carbocycles. The first-order valence-corrected chi connectivity index (χ1v) is 15.1. The van der Waals surface area contributed by atoms with Crippen LogP contribution >= 0.6 is 47.2 Å². The van der Waals surface area contributed by atoms with Crippen LogP contribution in [0.5, 0.6) is 0 Å². The molecule has 0 fully saturated rings. The number of thiol groups is 1. The molecule has 0 saturated heterocycles. The number of carbonyl (C=O) groups is 1. The predicted octanol–water partition coefficient (Wildman–Crippen LogP) is 8.77. The van der Waals surface area contributed by atoms with Crippen LogP contribution in [0, 0.1) is 11.3 Å². The van der Waals surface area contributed by atoms with Crippen LogP contribution in [0.4, 0.5) is 5.69 Å². The summed E-state index contributed by atoms with van der Waals surface area (Å²) < 4.78 is 1.20. The summed E-state index contributed by atoms with van der Waals surface area (Å²) in [4.78, 5) is 34.3. The van der Waals surface area contributed by atoms with Gasteiger partial charge >= 0.3 is 0 Å². The standard InChI is InChI=1S/C33H20Cl2N4O2S2/c34-25-13-12-22(15-26(25)35)32(40)37-23-6-3-5-21(14-23)30(42)31-38-29(24(17-36)33(41)39-31)19-10-8-18(9-11-19)28-16-20-4-1-2-7-27(20)43-28/h1-16,30,42H,(H,37,40)(H,38,39,41). The molecule has 6 nitrogen and oxygen atoms in total. The Morgan fingerprint density at radius 2 is 1.70 bits per heavy atom. The molecule has 1 unspecified atom stereocenters. The lowest BCUT2D eigenvalue weighted by atomic mass is 10.0. The lowest BCUT2D eigenvalue weighted by Crippen LogP contribution is -2.18. The number of hydrogen-bond donors (Lipinski definition) is 3. The fourth-order valence-electron chi connectivity index (χ4n) is 4.63. The maximum Gasteiger partial charge on any atom is 0.269 e. The van der Waals surface area contributed by atoms with Gasteiger partial charge in [-0.05, 0) is 59.0 Å². The van der Waals surface area contributed by atoms with Gasteiger partial charge in [0.05, 0.1) is 21.0 Å². The number of aromatic amines is 1. The highest BCUT2D eigenvalue weighted by atomic mass is 35.5. The van der Waals surface area contributed by atoms with E-state index in [-0.39, 0.29) is 28.0 Å². The summed E-state index contributed by atoms with van der Waals surface area (Å²) in [6, 6.07) is 31.7. The highest BCUT2D eigenvalue weighted by molar-refractivity contribution is 7.80. The van der Waals surface area contributed by atoms with Crippen LogP contribution in [0.15, 0.2) is 102 Å². The number of aromatic nitrogens is 2. The van der Waals surface area contributed by atoms with Gasteiger partial charge in [0.1, 0.15) is 17.5 Å². The van der Waals surface area contributed by atoms with Crippen molar-refractivity contribution in [2.75, 3.05) is 5.32 Å². The van der Waals surface area contributed by atoms with Crippen molar-refractivity contribution in [1.82, 2.24) is 9.97 Å². The summed E-state index contributed by atoms with van der Waals surface area (Å²) in [5.74, 6) is -0.0957. The molecule has 43 heavy (non-hydrogen) atoms. The number of rotatable bonds is 6. The highest BCUT2D eigenvalue weighted by Gasteiger charge is 2.19. The Labute approximate surface area is 266 Å². The lowest BCUT2D eigenvalue weighted by molar-refractivity contribution is 0.102. The molecule has 0 saturated carbocycles. The Balaban J connectivity index is 1.29. The first-order chi connectivity index (χ1) is 20.8. The van der Waals surface area contributed by atoms with Crippen molar-refractivity contribution in [3.05, 3.63) is 140 Å². The number of nitrogens with one attached hydrogen (secondary N) is 2. The van der Waals surface area contributed by atoms with Crippen molar-refractivity contribution in [2.24, 2.45) is 0 Å². The summed E-state index contributed by atoms with van der Waals surface area (Å²) >= 11 is 18.5. The first kappa shape index (κ1) is 28.7. The molecule has 6 aromatic rings. The van der Waals surface area contributed by atoms with Gasteiger partial charge in [0.15, 0.2) is 0 Å². The fraction of sp³-hybridized carbons (Fsp3) is 0.0303. The molecule has 210 valence electrons. The Kier molecular flexibility index (Phi) is 8.06. The number of nitrogens with zero attached hydrogens (tertiary/aromatic N) is 2. The quantitative estimate of drug-likeness (QED) is 0.159. The molecule has 0 spiro atoms. The minimum absolute atomic E-state index is 0.0819. The molecule has 2 N–H and O–H groups in total. The smallest absolute Gasteiger partial charge is 0.269 e. The SMILES string of the molecule is N#Cc1c(-c2ccc(-c3cc4ccccc4s3)cc2)nc(C(S)c2cccc(NC(=O)c3ccc(Cl)c(Cl)c3)c2)[nH]c1=O. The zero-order chi connectivity index (χ0) is 30.1. The zero-order valence-electron chi connectivity index (χ0n) is 22.1. The van der Waals surface area contributed by atoms with E-state index in [0.717, 1.165) is 10.4 Å². The van der Waals surface area contributed by atoms with Gasteiger partial charge in [0.25, 0.3) is 11.5 Å². The molecule has 0 radical (unpaired) electrons. The number of thiophene rings is 1. The van der Waals surface area contributed by atoms with Crippen molar-refractivity contribution in [3.63, 3.8) is 0 Å². The van der Waals surface area contributed by atoms with Crippen molar-refractivity contribution in [1.29, 1.82) is 5.26 Å². The average molecular weight is 640 g/mol. The molecule has 2 heterocycles. The minimum atomic E-state index is -0.654. The van der Waals surface area contributed by atoms with Gasteiger partial charge in [-0.15, -0.1) is 11.3 Å². The third-order valence-corrected chi connectivity index (χ3v) is 9.27. The van der Waals surface area contributed by atoms with Crippen molar-refractivity contribution >= 4 is 68.8 Å². The Morgan fingerprint density at radius 1 is 0.930 bits per heavy atom. The topological polar surface area (TPSA) is 98.6 Å². The van der Waals surface area contributed by atoms with E-state index in [1.54, 1.807) is 41.7 Å². The lowest BCUT2D eigenvalue weighted by Gasteiger charge is -2.14. The van der Waals surface area contributed by atoms with Crippen molar-refractivity contribution < 1.29 is 4.79 Å². The monoisotopic (exact) mass is 638 g/mol. The van der Waals surface area contributed by atoms with Gasteiger partial charge in [-0.3, -0.25) is 9.59 Å². The van der Waals surface area contributed by atoms with E-state index < -0.39 is 10.8 Å². The van der Waals surface area contributed by atoms with E-state index in [1.807, 2.05) is 48.5 Å². The molecule has 0 aliphatic carbocycles. The van der Waals surface area contributed by atoms with Crippen molar-refractivity contribution in [2.45, 2.75) is 5.25 Å². The minimum Gasteiger partial charge on any atom is -0.322 e. The number of hydrogen-bond acceptors (Lipinski definition) is 6. The maximum absolute atomic E-state index is 13.0. The van der Waals surface area contributed by atoms with Crippen LogP contribution in [0.2, 0.25) is 10.0 Å². The average Bonchev–Trinajstić information content (AvgIpc) is 3.46. The predicted molar refractivity (Wildman–Crippen MR) is 178 cm³/mol. The first-order valence-electron chi connectivity index (χ1n) is 13.0. The largest absolute Gasteiger partial charge is 0.322 e. The second kappa shape index (κ2) is 12.1. The summed E-state index contributed by atoms with van der Waals surface area (Å²) in [6.45, 7) is 0. The second-order valence-electron chi connectivity index (χ2n) is 9.62. The summed E-state index contributed by atoms with van der Waals surface area (Å²) in [5.41, 5.74) is 2.84. The van der Waals surface area contributed by atoms with Gasteiger partial charge in [-0.25, -0.2) is 4.98 Å². The maximum atomic E-state index is 13.0. The molecule has 0 aliphatic rings. The van der Waals surface area contributed by atoms with E-state index in [4.69, 9.17) is 35.8 Å². The summed E-state index contributed by atoms with van der Waals surface area (Å²) in [6.07, 6.45) is 0. The normalized spacial score (nSPS) is 11.7. The van der Waals surface area contributed by atoms with Crippen LogP contribution < -0.4 is 10.9 Å². The van der Waals surface area contributed by atoms with Crippen LogP contribution in [0.3, 0.4) is 0 Å². The van der Waals surface area contributed by atoms with Gasteiger partial charge in [-0.2, -0.15) is 17.9 Å². The third kappa shape index (κ3) is 5.94. The fourth-order valence-corrected chi connectivity index (χ4v) is 6.28. The Bertz CT molecular complexity index is 2080. The van der Waals surface area contributed by atoms with E-state index in [1.165, 1.54) is 16.2 Å². The van der Waals surface area contributed by atoms with Crippen LogP contribution in [0.1, 0.15) is 32.6 Å². The number of H-pyrrole nitrogens is 1. The molecule has 1 amide bonds. The van der Waals surface area contributed by atoms with Crippen LogP contribution in [-0.2, 0) is 0 Å². The molecule has 1 atom stereocenters. The molecular weight excluding hydrogens is 619 g/mol. The Hall–Kier alpha value is -4.39. The number of amides is 1. The molecule has 0 bridgehead atoms. The van der Waals surface area contributed by atoms with Gasteiger partial charge in [0.2, 0.25) is 0 Å². The summed E-state index contributed by atoms with van der Waals surface area (Å²) in [5, 5.41) is 13.8. The van der Waals surface area contributed by atoms with Gasteiger partial charge < -0.3 is 10.3 Å². The number of carbonyl (C=O) groups excluding carboxylic acids is 1. The number of anilines is 1. The number of fused-ring (bicyclic) bond motifs is 1. The molecule has 10 heteroatoms. The second-order valence-corrected chi connectivity index (χ2v) is 12.0. The molecule has 0 aliphatic heterocycles. The Morgan fingerprint density at radius 3 is 2.44 bits per heavy atom. The van der Waals surface area contributed by atoms with Crippen LogP contribution in [-0.4, -0.2) is 15.9 Å². The number of halogens is 2. The molecule has 6 rings (SSSR count). The third-order valence-electron chi connectivity index (χ3n) is 6.82. The number of benzene rings is 4. The van der Waals surface area contributed by atoms with Gasteiger partial charge in [-0.1, -0.05) is 77.8 Å². The molecular formula is C33H20Cl2N4O2S2. The van der Waals surface area contributed by atoms with E-state index >= 15 is 0 Å². The molecule has 2 aromatic heterocycles. The van der Waals surface area contributed by atoms with Crippen molar-refractivity contribution in [3.8, 4) is 27.8 Å². The van der Waals surface area contributed by atoms with Gasteiger partial charge in [0, 0.05) is 26.4 Å².